The van der Waals surface area contributed by atoms with Gasteiger partial charge in [0.1, 0.15) is 11.5 Å². The lowest BCUT2D eigenvalue weighted by Gasteiger charge is -2.10. The molecule has 0 saturated carbocycles. The van der Waals surface area contributed by atoms with Crippen molar-refractivity contribution >= 4 is 5.78 Å². The van der Waals surface area contributed by atoms with Crippen molar-refractivity contribution in [3.63, 3.8) is 0 Å². The Morgan fingerprint density at radius 1 is 1.57 bits per heavy atom. The van der Waals surface area contributed by atoms with Gasteiger partial charge in [0, 0.05) is 12.5 Å². The topological polar surface area (TPSA) is 52.3 Å². The molecule has 0 bridgehead atoms. The lowest BCUT2D eigenvalue weighted by molar-refractivity contribution is -0.117. The van der Waals surface area contributed by atoms with E-state index in [0.29, 0.717) is 6.42 Å². The molecule has 3 nitrogen and oxygen atoms in total. The van der Waals surface area contributed by atoms with E-state index in [0.717, 1.165) is 11.3 Å². The summed E-state index contributed by atoms with van der Waals surface area (Å²) in [4.78, 5) is 10.9. The second-order valence-electron chi connectivity index (χ2n) is 3.29. The maximum absolute atomic E-state index is 10.9. The molecule has 0 saturated heterocycles. The Bertz CT molecular complexity index is 323. The highest BCUT2D eigenvalue weighted by atomic mass is 16.5. The third kappa shape index (κ3) is 2.85. The largest absolute Gasteiger partial charge is 0.497 e. The number of hydrogen-bond donors (Lipinski definition) is 1. The third-order valence-corrected chi connectivity index (χ3v) is 2.03. The monoisotopic (exact) mass is 193 g/mol. The number of benzene rings is 1. The van der Waals surface area contributed by atoms with Crippen molar-refractivity contribution in [3.8, 4) is 5.75 Å². The molecule has 1 unspecified atom stereocenters. The summed E-state index contributed by atoms with van der Waals surface area (Å²) in [5.41, 5.74) is 6.77. The molecule has 0 aliphatic heterocycles. The fraction of sp³-hybridized carbons (Fsp3) is 0.364. The number of ketones is 1. The van der Waals surface area contributed by atoms with Crippen LogP contribution in [0.1, 0.15) is 24.9 Å². The van der Waals surface area contributed by atoms with Gasteiger partial charge in [-0.2, -0.15) is 0 Å². The quantitative estimate of drug-likeness (QED) is 0.791. The molecule has 14 heavy (non-hydrogen) atoms. The number of rotatable bonds is 4. The van der Waals surface area contributed by atoms with E-state index in [4.69, 9.17) is 10.5 Å². The summed E-state index contributed by atoms with van der Waals surface area (Å²) in [7, 11) is 1.61. The molecule has 3 heteroatoms. The number of carbonyl (C=O) groups excluding carboxylic acids is 1. The second kappa shape index (κ2) is 4.77. The summed E-state index contributed by atoms with van der Waals surface area (Å²) in [5, 5.41) is 0. The normalized spacial score (nSPS) is 12.2. The molecule has 0 amide bonds. The molecule has 1 aromatic carbocycles. The molecule has 0 radical (unpaired) electrons. The third-order valence-electron chi connectivity index (χ3n) is 2.03. The predicted octanol–water partition coefficient (Wildman–Crippen LogP) is 1.67. The van der Waals surface area contributed by atoms with Crippen LogP contribution in [-0.2, 0) is 4.79 Å². The Morgan fingerprint density at radius 3 is 2.86 bits per heavy atom. The molecule has 0 aliphatic carbocycles. The summed E-state index contributed by atoms with van der Waals surface area (Å²) in [6.45, 7) is 1.54. The van der Waals surface area contributed by atoms with E-state index in [1.165, 1.54) is 0 Å². The average molecular weight is 193 g/mol. The summed E-state index contributed by atoms with van der Waals surface area (Å²) in [6, 6.07) is 7.24. The molecule has 2 N–H and O–H groups in total. The first-order chi connectivity index (χ1) is 6.63. The zero-order valence-electron chi connectivity index (χ0n) is 8.49. The van der Waals surface area contributed by atoms with Gasteiger partial charge in [-0.15, -0.1) is 0 Å². The molecule has 0 heterocycles. The molecule has 1 atom stereocenters. The van der Waals surface area contributed by atoms with Crippen molar-refractivity contribution in [2.24, 2.45) is 5.73 Å². The summed E-state index contributed by atoms with van der Waals surface area (Å²) in [6.07, 6.45) is 0.368. The fourth-order valence-corrected chi connectivity index (χ4v) is 1.30. The van der Waals surface area contributed by atoms with Crippen molar-refractivity contribution < 1.29 is 9.53 Å². The fourth-order valence-electron chi connectivity index (χ4n) is 1.30. The van der Waals surface area contributed by atoms with Gasteiger partial charge in [0.15, 0.2) is 0 Å². The maximum atomic E-state index is 10.9. The molecular formula is C11H15NO2. The van der Waals surface area contributed by atoms with Gasteiger partial charge in [0.05, 0.1) is 7.11 Å². The molecule has 0 fully saturated rings. The van der Waals surface area contributed by atoms with Gasteiger partial charge in [0.2, 0.25) is 0 Å². The second-order valence-corrected chi connectivity index (χ2v) is 3.29. The Balaban J connectivity index is 2.78. The van der Waals surface area contributed by atoms with E-state index in [9.17, 15) is 4.79 Å². The van der Waals surface area contributed by atoms with E-state index < -0.39 is 0 Å². The van der Waals surface area contributed by atoms with Crippen LogP contribution in [0.3, 0.4) is 0 Å². The molecular weight excluding hydrogens is 178 g/mol. The van der Waals surface area contributed by atoms with Crippen LogP contribution in [0.2, 0.25) is 0 Å². The van der Waals surface area contributed by atoms with Gasteiger partial charge in [-0.25, -0.2) is 0 Å². The molecule has 0 spiro atoms. The van der Waals surface area contributed by atoms with E-state index in [1.807, 2.05) is 24.3 Å². The number of hydrogen-bond acceptors (Lipinski definition) is 3. The first kappa shape index (κ1) is 10.7. The molecule has 0 aromatic heterocycles. The van der Waals surface area contributed by atoms with Crippen LogP contribution in [0.4, 0.5) is 0 Å². The average Bonchev–Trinajstić information content (AvgIpc) is 2.17. The minimum Gasteiger partial charge on any atom is -0.497 e. The molecule has 1 rings (SSSR count). The van der Waals surface area contributed by atoms with Crippen LogP contribution in [0.25, 0.3) is 0 Å². The number of Topliss-reactive ketones (excluding diaryl/α,β-unsaturated/α-hetero) is 1. The van der Waals surface area contributed by atoms with Gasteiger partial charge in [-0.3, -0.25) is 4.79 Å². The van der Waals surface area contributed by atoms with Crippen LogP contribution in [-0.4, -0.2) is 12.9 Å². The van der Waals surface area contributed by atoms with Gasteiger partial charge in [0.25, 0.3) is 0 Å². The SMILES string of the molecule is COc1cccc(C(N)CC(C)=O)c1. The Kier molecular flexibility index (Phi) is 3.65. The van der Waals surface area contributed by atoms with Gasteiger partial charge in [-0.05, 0) is 24.6 Å². The standard InChI is InChI=1S/C11H15NO2/c1-8(13)6-11(12)9-4-3-5-10(7-9)14-2/h3-5,7,11H,6,12H2,1-2H3. The lowest BCUT2D eigenvalue weighted by Crippen LogP contribution is -2.13. The van der Waals surface area contributed by atoms with Crippen LogP contribution < -0.4 is 10.5 Å². The Hall–Kier alpha value is -1.35. The number of nitrogens with two attached hydrogens (primary N) is 1. The Labute approximate surface area is 83.9 Å². The first-order valence-electron chi connectivity index (χ1n) is 4.52. The summed E-state index contributed by atoms with van der Waals surface area (Å²) >= 11 is 0. The number of methoxy groups -OCH3 is 1. The minimum absolute atomic E-state index is 0.0975. The van der Waals surface area contributed by atoms with E-state index in [-0.39, 0.29) is 11.8 Å². The van der Waals surface area contributed by atoms with Crippen LogP contribution in [0, 0.1) is 0 Å². The highest BCUT2D eigenvalue weighted by Crippen LogP contribution is 2.19. The zero-order chi connectivity index (χ0) is 10.6. The van der Waals surface area contributed by atoms with E-state index in [1.54, 1.807) is 14.0 Å². The van der Waals surface area contributed by atoms with Crippen molar-refractivity contribution in [2.75, 3.05) is 7.11 Å². The van der Waals surface area contributed by atoms with Gasteiger partial charge < -0.3 is 10.5 Å². The highest BCUT2D eigenvalue weighted by Gasteiger charge is 2.08. The van der Waals surface area contributed by atoms with Crippen molar-refractivity contribution in [1.29, 1.82) is 0 Å². The smallest absolute Gasteiger partial charge is 0.131 e. The van der Waals surface area contributed by atoms with Crippen molar-refractivity contribution in [1.82, 2.24) is 0 Å². The summed E-state index contributed by atoms with van der Waals surface area (Å²) in [5.74, 6) is 0.863. The van der Waals surface area contributed by atoms with E-state index >= 15 is 0 Å². The van der Waals surface area contributed by atoms with E-state index in [2.05, 4.69) is 0 Å². The lowest BCUT2D eigenvalue weighted by atomic mass is 10.0. The maximum Gasteiger partial charge on any atom is 0.131 e. The predicted molar refractivity (Wildman–Crippen MR) is 55.2 cm³/mol. The minimum atomic E-state index is -0.234. The van der Waals surface area contributed by atoms with Crippen LogP contribution >= 0.6 is 0 Å². The Morgan fingerprint density at radius 2 is 2.29 bits per heavy atom. The molecule has 0 aliphatic rings. The summed E-state index contributed by atoms with van der Waals surface area (Å²) < 4.78 is 5.07. The number of carbonyl (C=O) groups is 1. The highest BCUT2D eigenvalue weighted by molar-refractivity contribution is 5.76. The van der Waals surface area contributed by atoms with Gasteiger partial charge >= 0.3 is 0 Å². The van der Waals surface area contributed by atoms with Crippen LogP contribution in [0.5, 0.6) is 5.75 Å². The number of ether oxygens (including phenoxy) is 1. The zero-order valence-corrected chi connectivity index (χ0v) is 8.49. The van der Waals surface area contributed by atoms with Gasteiger partial charge in [-0.1, -0.05) is 12.1 Å². The molecule has 76 valence electrons. The molecule has 1 aromatic rings. The first-order valence-corrected chi connectivity index (χ1v) is 4.52. The van der Waals surface area contributed by atoms with Crippen LogP contribution in [0.15, 0.2) is 24.3 Å². The van der Waals surface area contributed by atoms with Crippen molar-refractivity contribution in [3.05, 3.63) is 29.8 Å². The van der Waals surface area contributed by atoms with Crippen molar-refractivity contribution in [2.45, 2.75) is 19.4 Å².